The van der Waals surface area contributed by atoms with Crippen LogP contribution in [-0.4, -0.2) is 30.1 Å². The van der Waals surface area contributed by atoms with Crippen molar-refractivity contribution in [3.63, 3.8) is 0 Å². The molecular weight excluding hydrogens is 278 g/mol. The lowest BCUT2D eigenvalue weighted by molar-refractivity contribution is 0.102. The van der Waals surface area contributed by atoms with Crippen LogP contribution >= 0.6 is 0 Å². The topological polar surface area (TPSA) is 65.5 Å². The Labute approximate surface area is 130 Å². The number of carbonyl (C=O) groups excluding carboxylic acids is 1. The van der Waals surface area contributed by atoms with Gasteiger partial charge in [-0.15, -0.1) is 0 Å². The summed E-state index contributed by atoms with van der Waals surface area (Å²) >= 11 is 0. The van der Waals surface area contributed by atoms with Crippen molar-refractivity contribution in [2.24, 2.45) is 0 Å². The zero-order valence-corrected chi connectivity index (χ0v) is 13.3. The molecular formula is C17H21N3O2. The largest absolute Gasteiger partial charge is 0.392 e. The molecule has 0 spiro atoms. The Kier molecular flexibility index (Phi) is 4.78. The average Bonchev–Trinajstić information content (AvgIpc) is 2.49. The number of pyridine rings is 1. The summed E-state index contributed by atoms with van der Waals surface area (Å²) in [6, 6.07) is 7.41. The second-order valence-electron chi connectivity index (χ2n) is 5.47. The Balaban J connectivity index is 2.34. The number of aryl methyl sites for hydroxylation is 2. The molecule has 116 valence electrons. The van der Waals surface area contributed by atoms with Gasteiger partial charge >= 0.3 is 0 Å². The van der Waals surface area contributed by atoms with E-state index in [1.807, 2.05) is 45.0 Å². The van der Waals surface area contributed by atoms with Crippen LogP contribution in [0.1, 0.15) is 27.2 Å². The number of aromatic nitrogens is 1. The summed E-state index contributed by atoms with van der Waals surface area (Å²) in [5, 5.41) is 12.3. The molecule has 5 heteroatoms. The summed E-state index contributed by atoms with van der Waals surface area (Å²) in [6.07, 6.45) is 1.60. The molecule has 0 atom stereocenters. The van der Waals surface area contributed by atoms with Crippen LogP contribution in [0.15, 0.2) is 30.5 Å². The Bertz CT molecular complexity index is 696. The molecule has 0 radical (unpaired) electrons. The van der Waals surface area contributed by atoms with Crippen molar-refractivity contribution < 1.29 is 9.90 Å². The summed E-state index contributed by atoms with van der Waals surface area (Å²) in [5.74, 6) is -0.264. The first-order valence-electron chi connectivity index (χ1n) is 7.08. The van der Waals surface area contributed by atoms with Crippen LogP contribution in [0.4, 0.5) is 11.4 Å². The fraction of sp³-hybridized carbons (Fsp3) is 0.294. The minimum atomic E-state index is -0.264. The Morgan fingerprint density at radius 2 is 2.00 bits per heavy atom. The Morgan fingerprint density at radius 1 is 1.27 bits per heavy atom. The van der Waals surface area contributed by atoms with Crippen LogP contribution in [0.2, 0.25) is 0 Å². The molecule has 1 heterocycles. The minimum absolute atomic E-state index is 0.0540. The van der Waals surface area contributed by atoms with Crippen LogP contribution in [0, 0.1) is 13.8 Å². The third kappa shape index (κ3) is 3.26. The lowest BCUT2D eigenvalue weighted by Gasteiger charge is -2.17. The van der Waals surface area contributed by atoms with E-state index in [0.717, 1.165) is 22.4 Å². The van der Waals surface area contributed by atoms with E-state index < -0.39 is 0 Å². The smallest absolute Gasteiger partial charge is 0.276 e. The third-order valence-electron chi connectivity index (χ3n) is 3.58. The van der Waals surface area contributed by atoms with Gasteiger partial charge in [-0.2, -0.15) is 0 Å². The highest BCUT2D eigenvalue weighted by molar-refractivity contribution is 6.07. The SMILES string of the molecule is Cc1cc(C)c(NC(=O)c2ncccc2N(C)C)cc1CO. The van der Waals surface area contributed by atoms with Crippen molar-refractivity contribution in [2.45, 2.75) is 20.5 Å². The second kappa shape index (κ2) is 6.58. The highest BCUT2D eigenvalue weighted by atomic mass is 16.3. The summed E-state index contributed by atoms with van der Waals surface area (Å²) < 4.78 is 0. The second-order valence-corrected chi connectivity index (χ2v) is 5.47. The van der Waals surface area contributed by atoms with Gasteiger partial charge in [-0.3, -0.25) is 4.79 Å². The van der Waals surface area contributed by atoms with E-state index in [2.05, 4.69) is 10.3 Å². The highest BCUT2D eigenvalue weighted by Gasteiger charge is 2.15. The molecule has 22 heavy (non-hydrogen) atoms. The molecule has 0 saturated carbocycles. The molecule has 2 aromatic rings. The Morgan fingerprint density at radius 3 is 2.64 bits per heavy atom. The van der Waals surface area contributed by atoms with E-state index in [9.17, 15) is 9.90 Å². The van der Waals surface area contributed by atoms with Gasteiger partial charge in [0.15, 0.2) is 5.69 Å². The maximum atomic E-state index is 12.5. The van der Waals surface area contributed by atoms with Gasteiger partial charge in [0.1, 0.15) is 0 Å². The number of anilines is 2. The molecule has 1 amide bonds. The van der Waals surface area contributed by atoms with Crippen LogP contribution in [0.25, 0.3) is 0 Å². The molecule has 2 rings (SSSR count). The first-order chi connectivity index (χ1) is 10.4. The van der Waals surface area contributed by atoms with Crippen molar-refractivity contribution >= 4 is 17.3 Å². The number of amides is 1. The number of aliphatic hydroxyl groups is 1. The van der Waals surface area contributed by atoms with E-state index in [1.54, 1.807) is 18.3 Å². The molecule has 0 aliphatic heterocycles. The van der Waals surface area contributed by atoms with Gasteiger partial charge in [0, 0.05) is 26.0 Å². The van der Waals surface area contributed by atoms with Gasteiger partial charge in [-0.1, -0.05) is 6.07 Å². The maximum Gasteiger partial charge on any atom is 0.276 e. The molecule has 1 aromatic heterocycles. The van der Waals surface area contributed by atoms with E-state index in [-0.39, 0.29) is 12.5 Å². The van der Waals surface area contributed by atoms with E-state index in [1.165, 1.54) is 0 Å². The monoisotopic (exact) mass is 299 g/mol. The Hall–Kier alpha value is -2.40. The number of hydrogen-bond donors (Lipinski definition) is 2. The molecule has 1 aromatic carbocycles. The molecule has 0 fully saturated rings. The number of carbonyl (C=O) groups is 1. The molecule has 0 aliphatic carbocycles. The van der Waals surface area contributed by atoms with Crippen LogP contribution in [0.3, 0.4) is 0 Å². The molecule has 5 nitrogen and oxygen atoms in total. The molecule has 0 unspecified atom stereocenters. The number of hydrogen-bond acceptors (Lipinski definition) is 4. The number of nitrogens with one attached hydrogen (secondary N) is 1. The molecule has 0 bridgehead atoms. The predicted octanol–water partition coefficient (Wildman–Crippen LogP) is 2.51. The summed E-state index contributed by atoms with van der Waals surface area (Å²) in [5.41, 5.74) is 4.57. The predicted molar refractivity (Wildman–Crippen MR) is 88.4 cm³/mol. The summed E-state index contributed by atoms with van der Waals surface area (Å²) in [6.45, 7) is 3.81. The van der Waals surface area contributed by atoms with Crippen molar-refractivity contribution in [2.75, 3.05) is 24.3 Å². The van der Waals surface area contributed by atoms with Crippen molar-refractivity contribution in [3.8, 4) is 0 Å². The van der Waals surface area contributed by atoms with Gasteiger partial charge in [-0.25, -0.2) is 4.98 Å². The van der Waals surface area contributed by atoms with Crippen molar-refractivity contribution in [3.05, 3.63) is 52.8 Å². The quantitative estimate of drug-likeness (QED) is 0.910. The highest BCUT2D eigenvalue weighted by Crippen LogP contribution is 2.23. The lowest BCUT2D eigenvalue weighted by atomic mass is 10.0. The number of aliphatic hydroxyl groups excluding tert-OH is 1. The van der Waals surface area contributed by atoms with E-state index in [4.69, 9.17) is 0 Å². The molecule has 2 N–H and O–H groups in total. The first-order valence-corrected chi connectivity index (χ1v) is 7.08. The average molecular weight is 299 g/mol. The van der Waals surface area contributed by atoms with Crippen molar-refractivity contribution in [1.82, 2.24) is 4.98 Å². The van der Waals surface area contributed by atoms with Crippen LogP contribution in [0.5, 0.6) is 0 Å². The van der Waals surface area contributed by atoms with Gasteiger partial charge < -0.3 is 15.3 Å². The maximum absolute atomic E-state index is 12.5. The minimum Gasteiger partial charge on any atom is -0.392 e. The zero-order chi connectivity index (χ0) is 16.3. The zero-order valence-electron chi connectivity index (χ0n) is 13.3. The number of nitrogens with zero attached hydrogens (tertiary/aromatic N) is 2. The van der Waals surface area contributed by atoms with Crippen LogP contribution in [-0.2, 0) is 6.61 Å². The summed E-state index contributed by atoms with van der Waals surface area (Å²) in [7, 11) is 3.74. The standard InChI is InChI=1S/C17H21N3O2/c1-11-8-12(2)14(9-13(11)10-21)19-17(22)16-15(20(3)4)6-5-7-18-16/h5-9,21H,10H2,1-4H3,(H,19,22). The van der Waals surface area contributed by atoms with Crippen LogP contribution < -0.4 is 10.2 Å². The molecule has 0 saturated heterocycles. The van der Waals surface area contributed by atoms with E-state index >= 15 is 0 Å². The van der Waals surface area contributed by atoms with Gasteiger partial charge in [0.05, 0.1) is 12.3 Å². The summed E-state index contributed by atoms with van der Waals surface area (Å²) in [4.78, 5) is 18.5. The van der Waals surface area contributed by atoms with Gasteiger partial charge in [0.25, 0.3) is 5.91 Å². The molecule has 0 aliphatic rings. The van der Waals surface area contributed by atoms with Crippen molar-refractivity contribution in [1.29, 1.82) is 0 Å². The van der Waals surface area contributed by atoms with Gasteiger partial charge in [-0.05, 0) is 48.7 Å². The van der Waals surface area contributed by atoms with E-state index in [0.29, 0.717) is 11.4 Å². The first kappa shape index (κ1) is 16.0. The third-order valence-corrected chi connectivity index (χ3v) is 3.58. The fourth-order valence-corrected chi connectivity index (χ4v) is 2.32. The lowest BCUT2D eigenvalue weighted by Crippen LogP contribution is -2.20. The number of benzene rings is 1. The van der Waals surface area contributed by atoms with Gasteiger partial charge in [0.2, 0.25) is 0 Å². The fourth-order valence-electron chi connectivity index (χ4n) is 2.32. The normalized spacial score (nSPS) is 10.4. The number of rotatable bonds is 4.